The van der Waals surface area contributed by atoms with Crippen LogP contribution in [0.3, 0.4) is 0 Å². The van der Waals surface area contributed by atoms with Gasteiger partial charge in [0.15, 0.2) is 0 Å². The van der Waals surface area contributed by atoms with E-state index in [0.717, 1.165) is 23.3 Å². The van der Waals surface area contributed by atoms with E-state index < -0.39 is 17.7 Å². The zero-order valence-electron chi connectivity index (χ0n) is 22.9. The van der Waals surface area contributed by atoms with Gasteiger partial charge in [-0.15, -0.1) is 11.3 Å². The molecule has 0 aliphatic heterocycles. The number of anilines is 1. The first kappa shape index (κ1) is 29.4. The topological polar surface area (TPSA) is 123 Å². The van der Waals surface area contributed by atoms with Crippen LogP contribution in [0.1, 0.15) is 85.5 Å². The summed E-state index contributed by atoms with van der Waals surface area (Å²) in [6.45, 7) is 12.8. The quantitative estimate of drug-likeness (QED) is 0.208. The molecule has 10 heteroatoms. The fourth-order valence-corrected chi connectivity index (χ4v) is 5.63. The highest BCUT2D eigenvalue weighted by atomic mass is 32.1. The van der Waals surface area contributed by atoms with Gasteiger partial charge in [0.05, 0.1) is 6.61 Å². The summed E-state index contributed by atoms with van der Waals surface area (Å²) in [6, 6.07) is 6.65. The van der Waals surface area contributed by atoms with Gasteiger partial charge >= 0.3 is 12.1 Å². The highest BCUT2D eigenvalue weighted by molar-refractivity contribution is 7.17. The van der Waals surface area contributed by atoms with Crippen molar-refractivity contribution in [2.24, 2.45) is 11.3 Å². The van der Waals surface area contributed by atoms with Crippen LogP contribution in [0.4, 0.5) is 9.80 Å². The second-order valence-electron chi connectivity index (χ2n) is 11.5. The lowest BCUT2D eigenvalue weighted by atomic mass is 9.72. The van der Waals surface area contributed by atoms with E-state index in [1.54, 1.807) is 45.0 Å². The molecule has 0 bridgehead atoms. The fourth-order valence-electron chi connectivity index (χ4n) is 4.32. The van der Waals surface area contributed by atoms with Crippen LogP contribution in [0.2, 0.25) is 0 Å². The summed E-state index contributed by atoms with van der Waals surface area (Å²) in [7, 11) is 0. The maximum Gasteiger partial charge on any atom is 0.407 e. The molecular formula is C28H38N2O7S. The van der Waals surface area contributed by atoms with E-state index >= 15 is 0 Å². The Labute approximate surface area is 227 Å². The van der Waals surface area contributed by atoms with Crippen LogP contribution in [-0.4, -0.2) is 42.0 Å². The van der Waals surface area contributed by atoms with Crippen LogP contribution in [0.25, 0.3) is 0 Å². The first-order valence-electron chi connectivity index (χ1n) is 12.8. The van der Waals surface area contributed by atoms with Crippen molar-refractivity contribution in [3.8, 4) is 5.75 Å². The van der Waals surface area contributed by atoms with Crippen molar-refractivity contribution in [3.05, 3.63) is 45.8 Å². The molecule has 208 valence electrons. The lowest BCUT2D eigenvalue weighted by Gasteiger charge is -2.33. The largest absolute Gasteiger partial charge is 0.494 e. The van der Waals surface area contributed by atoms with Gasteiger partial charge in [0.25, 0.3) is 5.91 Å². The van der Waals surface area contributed by atoms with Gasteiger partial charge in [-0.25, -0.2) is 9.59 Å². The van der Waals surface area contributed by atoms with E-state index in [-0.39, 0.29) is 16.9 Å². The molecule has 1 atom stereocenters. The maximum atomic E-state index is 13.0. The number of amides is 2. The van der Waals surface area contributed by atoms with Crippen molar-refractivity contribution in [1.82, 2.24) is 5.32 Å². The number of alkyl carbamates (subject to hydrolysis) is 1. The molecule has 0 saturated heterocycles. The van der Waals surface area contributed by atoms with E-state index in [0.29, 0.717) is 48.2 Å². The minimum absolute atomic E-state index is 0.126. The first-order valence-corrected chi connectivity index (χ1v) is 13.6. The summed E-state index contributed by atoms with van der Waals surface area (Å²) in [5.41, 5.74) is 1.05. The number of carbonyl (C=O) groups excluding carboxylic acids is 3. The van der Waals surface area contributed by atoms with Gasteiger partial charge in [-0.3, -0.25) is 9.68 Å². The molecular weight excluding hydrogens is 508 g/mol. The summed E-state index contributed by atoms with van der Waals surface area (Å²) < 4.78 is 10.9. The van der Waals surface area contributed by atoms with Crippen molar-refractivity contribution in [2.45, 2.75) is 72.8 Å². The van der Waals surface area contributed by atoms with E-state index in [4.69, 9.17) is 14.7 Å². The molecule has 3 rings (SSSR count). The first-order chi connectivity index (χ1) is 17.8. The number of benzene rings is 1. The molecule has 0 saturated carbocycles. The highest BCUT2D eigenvalue weighted by Crippen LogP contribution is 2.44. The molecule has 0 fully saturated rings. The van der Waals surface area contributed by atoms with Gasteiger partial charge in [-0.2, -0.15) is 5.26 Å². The third-order valence-electron chi connectivity index (χ3n) is 6.38. The Morgan fingerprint density at radius 1 is 1.08 bits per heavy atom. The predicted octanol–water partition coefficient (Wildman–Crippen LogP) is 6.07. The standard InChI is InChI=1S/C28H38N2O7S/c1-27(2,3)18-10-13-20-21(16-18)38-24(22(20)25(32)37-34)30-23(31)17-8-11-19(12-9-17)35-15-7-14-29-26(33)36-28(4,5)6/h8-9,11-12,18,34H,7,10,13-16H2,1-6H3,(H,29,33)(H,30,31). The van der Waals surface area contributed by atoms with Crippen molar-refractivity contribution in [1.29, 1.82) is 0 Å². The molecule has 1 heterocycles. The molecule has 2 aromatic rings. The molecule has 2 amide bonds. The Balaban J connectivity index is 1.58. The van der Waals surface area contributed by atoms with Crippen molar-refractivity contribution in [3.63, 3.8) is 0 Å². The van der Waals surface area contributed by atoms with Gasteiger partial charge in [0, 0.05) is 17.0 Å². The molecule has 0 spiro atoms. The van der Waals surface area contributed by atoms with Crippen molar-refractivity contribution < 1.29 is 34.0 Å². The average molecular weight is 547 g/mol. The summed E-state index contributed by atoms with van der Waals surface area (Å²) >= 11 is 1.36. The normalized spacial score (nSPS) is 15.3. The minimum atomic E-state index is -0.864. The monoisotopic (exact) mass is 546 g/mol. The smallest absolute Gasteiger partial charge is 0.407 e. The molecule has 1 aromatic heterocycles. The van der Waals surface area contributed by atoms with Crippen LogP contribution in [0.15, 0.2) is 24.3 Å². The van der Waals surface area contributed by atoms with Crippen LogP contribution < -0.4 is 15.4 Å². The zero-order valence-corrected chi connectivity index (χ0v) is 23.8. The fraction of sp³-hybridized carbons (Fsp3) is 0.536. The second kappa shape index (κ2) is 12.2. The van der Waals surface area contributed by atoms with E-state index in [1.165, 1.54) is 11.3 Å². The number of fused-ring (bicyclic) bond motifs is 1. The lowest BCUT2D eigenvalue weighted by molar-refractivity contribution is -0.182. The number of nitrogens with one attached hydrogen (secondary N) is 2. The Hall–Kier alpha value is -3.11. The molecule has 9 nitrogen and oxygen atoms in total. The Morgan fingerprint density at radius 3 is 2.37 bits per heavy atom. The van der Waals surface area contributed by atoms with E-state index in [2.05, 4.69) is 36.3 Å². The summed E-state index contributed by atoms with van der Waals surface area (Å²) in [6.07, 6.45) is 2.54. The number of hydrogen-bond donors (Lipinski definition) is 3. The van der Waals surface area contributed by atoms with Gasteiger partial charge in [-0.05, 0) is 87.6 Å². The highest BCUT2D eigenvalue weighted by Gasteiger charge is 2.34. The Kier molecular flexibility index (Phi) is 9.43. The zero-order chi connectivity index (χ0) is 28.1. The summed E-state index contributed by atoms with van der Waals surface area (Å²) in [5.74, 6) is -0.202. The Morgan fingerprint density at radius 2 is 1.76 bits per heavy atom. The second-order valence-corrected chi connectivity index (χ2v) is 12.6. The van der Waals surface area contributed by atoms with Gasteiger partial charge in [0.2, 0.25) is 0 Å². The number of carbonyl (C=O) groups is 3. The van der Waals surface area contributed by atoms with E-state index in [1.807, 2.05) is 0 Å². The van der Waals surface area contributed by atoms with Crippen LogP contribution in [0, 0.1) is 11.3 Å². The van der Waals surface area contributed by atoms with Gasteiger partial charge in [0.1, 0.15) is 21.9 Å². The molecule has 3 N–H and O–H groups in total. The van der Waals surface area contributed by atoms with E-state index in [9.17, 15) is 14.4 Å². The summed E-state index contributed by atoms with van der Waals surface area (Å²) in [4.78, 5) is 42.1. The SMILES string of the molecule is CC(C)(C)OC(=O)NCCCOc1ccc(C(=O)Nc2sc3c(c2C(=O)OO)CCC(C(C)(C)C)C3)cc1. The van der Waals surface area contributed by atoms with Crippen LogP contribution in [0.5, 0.6) is 5.75 Å². The molecule has 1 unspecified atom stereocenters. The molecule has 1 aromatic carbocycles. The van der Waals surface area contributed by atoms with Crippen molar-refractivity contribution >= 4 is 34.3 Å². The molecule has 0 radical (unpaired) electrons. The van der Waals surface area contributed by atoms with Crippen LogP contribution >= 0.6 is 11.3 Å². The number of ether oxygens (including phenoxy) is 2. The number of hydrogen-bond acceptors (Lipinski definition) is 8. The van der Waals surface area contributed by atoms with Crippen molar-refractivity contribution in [2.75, 3.05) is 18.5 Å². The molecule has 1 aliphatic carbocycles. The lowest BCUT2D eigenvalue weighted by Crippen LogP contribution is -2.33. The average Bonchev–Trinajstić information content (AvgIpc) is 3.19. The number of rotatable bonds is 8. The van der Waals surface area contributed by atoms with Crippen LogP contribution in [-0.2, 0) is 22.5 Å². The maximum absolute atomic E-state index is 13.0. The predicted molar refractivity (Wildman–Crippen MR) is 146 cm³/mol. The Bertz CT molecular complexity index is 1140. The molecule has 1 aliphatic rings. The third kappa shape index (κ3) is 7.94. The van der Waals surface area contributed by atoms with Gasteiger partial charge < -0.3 is 20.1 Å². The minimum Gasteiger partial charge on any atom is -0.494 e. The third-order valence-corrected chi connectivity index (χ3v) is 7.55. The summed E-state index contributed by atoms with van der Waals surface area (Å²) in [5, 5.41) is 15.0. The number of thiophene rings is 1. The molecule has 38 heavy (non-hydrogen) atoms. The van der Waals surface area contributed by atoms with Gasteiger partial charge in [-0.1, -0.05) is 20.8 Å².